The number of hydrogen-bond donors (Lipinski definition) is 1. The number of aryl methyl sites for hydroxylation is 1. The van der Waals surface area contributed by atoms with Crippen LogP contribution in [0.4, 0.5) is 4.79 Å². The van der Waals surface area contributed by atoms with Crippen molar-refractivity contribution in [1.82, 2.24) is 0 Å². The van der Waals surface area contributed by atoms with Crippen LogP contribution >= 0.6 is 0 Å². The van der Waals surface area contributed by atoms with Crippen molar-refractivity contribution in [3.05, 3.63) is 42.0 Å². The second-order valence-corrected chi connectivity index (χ2v) is 3.41. The Balaban J connectivity index is 0.000000249. The lowest BCUT2D eigenvalue weighted by molar-refractivity contribution is -0.279. The molecule has 17 heavy (non-hydrogen) atoms. The van der Waals surface area contributed by atoms with Crippen LogP contribution in [0.1, 0.15) is 5.56 Å². The van der Waals surface area contributed by atoms with Crippen LogP contribution < -0.4 is 5.11 Å². The van der Waals surface area contributed by atoms with Crippen molar-refractivity contribution >= 4 is 16.9 Å². The molecule has 0 heterocycles. The van der Waals surface area contributed by atoms with E-state index >= 15 is 0 Å². The predicted octanol–water partition coefficient (Wildman–Crippen LogP) is 1.83. The summed E-state index contributed by atoms with van der Waals surface area (Å²) < 4.78 is 3.56. The van der Waals surface area contributed by atoms with E-state index in [1.165, 1.54) is 0 Å². The van der Waals surface area contributed by atoms with E-state index in [-0.39, 0.29) is 0 Å². The van der Waals surface area contributed by atoms with Crippen LogP contribution in [0.3, 0.4) is 0 Å². The summed E-state index contributed by atoms with van der Waals surface area (Å²) in [6.07, 6.45) is -1.50. The average molecular weight is 233 g/mol. The van der Waals surface area contributed by atoms with E-state index in [0.29, 0.717) is 5.75 Å². The van der Waals surface area contributed by atoms with Crippen LogP contribution in [0.15, 0.2) is 36.4 Å². The molecule has 90 valence electrons. The summed E-state index contributed by atoms with van der Waals surface area (Å²) in [6, 6.07) is 11.8. The molecular weight excluding hydrogens is 220 g/mol. The van der Waals surface area contributed by atoms with Crippen LogP contribution in [-0.2, 0) is 4.74 Å². The van der Waals surface area contributed by atoms with Gasteiger partial charge in [-0.2, -0.15) is 0 Å². The Kier molecular flexibility index (Phi) is 4.34. The summed E-state index contributed by atoms with van der Waals surface area (Å²) in [5, 5.41) is 20.7. The molecule has 0 unspecified atom stereocenters. The zero-order valence-corrected chi connectivity index (χ0v) is 9.64. The van der Waals surface area contributed by atoms with E-state index in [0.717, 1.165) is 23.4 Å². The number of aromatic hydroxyl groups is 1. The molecule has 4 heteroatoms. The fourth-order valence-corrected chi connectivity index (χ4v) is 1.36. The summed E-state index contributed by atoms with van der Waals surface area (Å²) >= 11 is 0. The summed E-state index contributed by atoms with van der Waals surface area (Å²) in [5.41, 5.74) is 0.925. The molecule has 0 aliphatic heterocycles. The van der Waals surface area contributed by atoms with Crippen LogP contribution in [0.5, 0.6) is 5.75 Å². The van der Waals surface area contributed by atoms with E-state index in [9.17, 15) is 5.11 Å². The van der Waals surface area contributed by atoms with Crippen molar-refractivity contribution in [3.8, 4) is 5.75 Å². The minimum Gasteiger partial charge on any atom is -0.553 e. The normalized spacial score (nSPS) is 9.29. The number of ether oxygens (including phenoxy) is 1. The van der Waals surface area contributed by atoms with Gasteiger partial charge in [-0.3, -0.25) is 0 Å². The Morgan fingerprint density at radius 1 is 1.24 bits per heavy atom. The molecule has 2 aromatic carbocycles. The Bertz CT molecular complexity index is 520. The molecule has 2 aromatic rings. The van der Waals surface area contributed by atoms with Crippen LogP contribution in [0.25, 0.3) is 10.8 Å². The van der Waals surface area contributed by atoms with Gasteiger partial charge < -0.3 is 19.7 Å². The largest absolute Gasteiger partial charge is 0.553 e. The van der Waals surface area contributed by atoms with E-state index in [1.807, 2.05) is 43.3 Å². The third-order valence-corrected chi connectivity index (χ3v) is 2.27. The number of benzene rings is 2. The first-order chi connectivity index (χ1) is 8.06. The number of carbonyl (C=O) groups is 1. The van der Waals surface area contributed by atoms with Crippen LogP contribution in [-0.4, -0.2) is 18.4 Å². The van der Waals surface area contributed by atoms with E-state index in [2.05, 4.69) is 4.74 Å². The van der Waals surface area contributed by atoms with Crippen molar-refractivity contribution in [2.45, 2.75) is 6.92 Å². The molecule has 0 atom stereocenters. The van der Waals surface area contributed by atoms with E-state index in [1.54, 1.807) is 0 Å². The lowest BCUT2D eigenvalue weighted by atomic mass is 10.1. The van der Waals surface area contributed by atoms with E-state index in [4.69, 9.17) is 9.90 Å². The zero-order chi connectivity index (χ0) is 12.8. The highest BCUT2D eigenvalue weighted by atomic mass is 16.6. The summed E-state index contributed by atoms with van der Waals surface area (Å²) in [4.78, 5) is 9.03. The molecule has 4 nitrogen and oxygen atoms in total. The highest BCUT2D eigenvalue weighted by Gasteiger charge is 2.00. The Morgan fingerprint density at radius 2 is 1.82 bits per heavy atom. The minimum atomic E-state index is -1.50. The quantitative estimate of drug-likeness (QED) is 0.705. The Hall–Kier alpha value is -2.23. The van der Waals surface area contributed by atoms with Gasteiger partial charge in [0.1, 0.15) is 5.75 Å². The number of phenols is 1. The number of methoxy groups -OCH3 is 1. The third-order valence-electron chi connectivity index (χ3n) is 2.27. The molecule has 0 radical (unpaired) electrons. The van der Waals surface area contributed by atoms with Gasteiger partial charge in [-0.05, 0) is 17.9 Å². The van der Waals surface area contributed by atoms with Gasteiger partial charge in [-0.15, -0.1) is 0 Å². The first-order valence-electron chi connectivity index (χ1n) is 4.98. The maximum atomic E-state index is 9.66. The monoisotopic (exact) mass is 233 g/mol. The molecule has 0 aromatic heterocycles. The fourth-order valence-electron chi connectivity index (χ4n) is 1.36. The van der Waals surface area contributed by atoms with Crippen molar-refractivity contribution < 1.29 is 19.7 Å². The molecule has 0 amide bonds. The highest BCUT2D eigenvalue weighted by Crippen LogP contribution is 2.27. The van der Waals surface area contributed by atoms with Gasteiger partial charge in [0.15, 0.2) is 0 Å². The molecule has 0 aliphatic carbocycles. The number of phenolic OH excluding ortho intramolecular Hbond substituents is 1. The van der Waals surface area contributed by atoms with Crippen LogP contribution in [0, 0.1) is 6.92 Å². The second kappa shape index (κ2) is 5.75. The van der Waals surface area contributed by atoms with Gasteiger partial charge in [-0.25, -0.2) is 0 Å². The van der Waals surface area contributed by atoms with Gasteiger partial charge in [0, 0.05) is 12.5 Å². The first kappa shape index (κ1) is 12.8. The first-order valence-corrected chi connectivity index (χ1v) is 4.98. The van der Waals surface area contributed by atoms with Gasteiger partial charge in [0.05, 0.1) is 0 Å². The highest BCUT2D eigenvalue weighted by molar-refractivity contribution is 5.89. The second-order valence-electron chi connectivity index (χ2n) is 3.41. The summed E-state index contributed by atoms with van der Waals surface area (Å²) in [6.45, 7) is 1.90. The number of rotatable bonds is 0. The lowest BCUT2D eigenvalue weighted by Gasteiger charge is -2.02. The van der Waals surface area contributed by atoms with Crippen molar-refractivity contribution in [2.24, 2.45) is 0 Å². The maximum absolute atomic E-state index is 9.66. The molecule has 0 saturated heterocycles. The van der Waals surface area contributed by atoms with Crippen LogP contribution in [0.2, 0.25) is 0 Å². The topological polar surface area (TPSA) is 69.6 Å². The van der Waals surface area contributed by atoms with Gasteiger partial charge in [-0.1, -0.05) is 36.4 Å². The fraction of sp³-hybridized carbons (Fsp3) is 0.154. The summed E-state index contributed by atoms with van der Waals surface area (Å²) in [5.74, 6) is 0.396. The van der Waals surface area contributed by atoms with Gasteiger partial charge in [0.2, 0.25) is 0 Å². The SMILES string of the molecule is COC(=O)[O-].Cc1ccc2ccccc2c1O. The third kappa shape index (κ3) is 3.38. The predicted molar refractivity (Wildman–Crippen MR) is 62.8 cm³/mol. The zero-order valence-electron chi connectivity index (χ0n) is 9.64. The average Bonchev–Trinajstić information content (AvgIpc) is 2.35. The Morgan fingerprint density at radius 3 is 2.41 bits per heavy atom. The number of hydrogen-bond acceptors (Lipinski definition) is 4. The van der Waals surface area contributed by atoms with Gasteiger partial charge in [0.25, 0.3) is 6.16 Å². The molecule has 0 saturated carbocycles. The summed E-state index contributed by atoms with van der Waals surface area (Å²) in [7, 11) is 1.04. The lowest BCUT2D eigenvalue weighted by Crippen LogP contribution is -2.21. The molecular formula is C13H13O4-. The van der Waals surface area contributed by atoms with E-state index < -0.39 is 6.16 Å². The number of carboxylic acid groups (broad SMARTS) is 1. The van der Waals surface area contributed by atoms with Gasteiger partial charge >= 0.3 is 0 Å². The molecule has 0 aliphatic rings. The number of fused-ring (bicyclic) bond motifs is 1. The smallest absolute Gasteiger partial charge is 0.251 e. The molecule has 0 spiro atoms. The molecule has 2 rings (SSSR count). The van der Waals surface area contributed by atoms with Crippen molar-refractivity contribution in [2.75, 3.05) is 7.11 Å². The standard InChI is InChI=1S/C11H10O.C2H4O3/c1-8-6-7-9-4-2-3-5-10(9)11(8)12;1-5-2(3)4/h2-7,12H,1H3;1H3,(H,3,4)/p-1. The minimum absolute atomic E-state index is 0.396. The molecule has 0 bridgehead atoms. The number of carbonyl (C=O) groups excluding carboxylic acids is 1. The maximum Gasteiger partial charge on any atom is 0.251 e. The van der Waals surface area contributed by atoms with Crippen molar-refractivity contribution in [1.29, 1.82) is 0 Å². The molecule has 1 N–H and O–H groups in total. The molecule has 0 fully saturated rings. The van der Waals surface area contributed by atoms with Crippen molar-refractivity contribution in [3.63, 3.8) is 0 Å². The Labute approximate surface area is 99.1 Å².